The number of H-pyrrole nitrogens is 1. The van der Waals surface area contributed by atoms with Gasteiger partial charge in [0.15, 0.2) is 0 Å². The maximum Gasteiger partial charge on any atom is 0.357 e. The van der Waals surface area contributed by atoms with Crippen molar-refractivity contribution in [2.24, 2.45) is 0 Å². The average Bonchev–Trinajstić information content (AvgIpc) is 2.30. The normalized spacial score (nSPS) is 10.7. The lowest BCUT2D eigenvalue weighted by Crippen LogP contribution is -1.89. The molecule has 0 fully saturated rings. The van der Waals surface area contributed by atoms with Gasteiger partial charge in [-0.3, -0.25) is 0 Å². The lowest BCUT2D eigenvalue weighted by molar-refractivity contribution is -0.390. The van der Waals surface area contributed by atoms with E-state index in [-0.39, 0.29) is 11.7 Å². The summed E-state index contributed by atoms with van der Waals surface area (Å²) in [6, 6.07) is 0. The number of aromatic nitrogens is 2. The van der Waals surface area contributed by atoms with Gasteiger partial charge in [0.25, 0.3) is 0 Å². The van der Waals surface area contributed by atoms with Crippen molar-refractivity contribution >= 4 is 21.7 Å². The highest BCUT2D eigenvalue weighted by atomic mass is 79.9. The van der Waals surface area contributed by atoms with E-state index >= 15 is 0 Å². The summed E-state index contributed by atoms with van der Waals surface area (Å²) in [5.41, 5.74) is 0.682. The van der Waals surface area contributed by atoms with Gasteiger partial charge in [-0.1, -0.05) is 18.9 Å². The standard InChI is InChI=1S/C6H8BrN3O2/c1-3(2)5-4(7)6(9-8-5)10(11)12/h3H,1-2H3,(H,8,9). The lowest BCUT2D eigenvalue weighted by Gasteiger charge is -1.96. The van der Waals surface area contributed by atoms with Crippen LogP contribution in [0.4, 0.5) is 5.82 Å². The molecule has 0 amide bonds. The minimum Gasteiger partial charge on any atom is -0.358 e. The molecule has 0 radical (unpaired) electrons. The summed E-state index contributed by atoms with van der Waals surface area (Å²) in [5.74, 6) is 0.0861. The van der Waals surface area contributed by atoms with Crippen molar-refractivity contribution < 1.29 is 4.92 Å². The van der Waals surface area contributed by atoms with Gasteiger partial charge in [0, 0.05) is 5.92 Å². The molecule has 0 aliphatic carbocycles. The third kappa shape index (κ3) is 1.47. The maximum atomic E-state index is 10.4. The second-order valence-electron chi connectivity index (χ2n) is 2.68. The molecule has 0 unspecified atom stereocenters. The predicted octanol–water partition coefficient (Wildman–Crippen LogP) is 2.20. The van der Waals surface area contributed by atoms with Crippen LogP contribution >= 0.6 is 15.9 Å². The Morgan fingerprint density at radius 1 is 1.67 bits per heavy atom. The molecular weight excluding hydrogens is 226 g/mol. The third-order valence-corrected chi connectivity index (χ3v) is 2.23. The Balaban J connectivity index is 3.13. The summed E-state index contributed by atoms with van der Waals surface area (Å²) in [6.07, 6.45) is 0. The Morgan fingerprint density at radius 3 is 2.50 bits per heavy atom. The van der Waals surface area contributed by atoms with Crippen molar-refractivity contribution in [2.75, 3.05) is 0 Å². The zero-order chi connectivity index (χ0) is 9.30. The zero-order valence-electron chi connectivity index (χ0n) is 6.67. The SMILES string of the molecule is CC(C)c1n[nH]c([N+](=O)[O-])c1Br. The van der Waals surface area contributed by atoms with Gasteiger partial charge in [-0.2, -0.15) is 0 Å². The highest BCUT2D eigenvalue weighted by Crippen LogP contribution is 2.29. The molecule has 12 heavy (non-hydrogen) atoms. The lowest BCUT2D eigenvalue weighted by atomic mass is 10.1. The summed E-state index contributed by atoms with van der Waals surface area (Å²) >= 11 is 3.12. The minimum absolute atomic E-state index is 0.0845. The van der Waals surface area contributed by atoms with Gasteiger partial charge in [-0.05, 0) is 20.9 Å². The second kappa shape index (κ2) is 3.22. The number of aromatic amines is 1. The van der Waals surface area contributed by atoms with E-state index in [1.54, 1.807) is 0 Å². The Morgan fingerprint density at radius 2 is 2.25 bits per heavy atom. The summed E-state index contributed by atoms with van der Waals surface area (Å²) in [7, 11) is 0. The molecule has 0 atom stereocenters. The van der Waals surface area contributed by atoms with Crippen LogP contribution in [0.5, 0.6) is 0 Å². The molecule has 0 saturated heterocycles. The first kappa shape index (κ1) is 9.18. The van der Waals surface area contributed by atoms with Crippen LogP contribution in [0.25, 0.3) is 0 Å². The van der Waals surface area contributed by atoms with Crippen LogP contribution in [-0.4, -0.2) is 15.1 Å². The number of hydrogen-bond donors (Lipinski definition) is 1. The molecule has 1 aromatic heterocycles. The van der Waals surface area contributed by atoms with Gasteiger partial charge in [0.05, 0.1) is 0 Å². The quantitative estimate of drug-likeness (QED) is 0.629. The van der Waals surface area contributed by atoms with E-state index in [4.69, 9.17) is 0 Å². The fourth-order valence-corrected chi connectivity index (χ4v) is 1.62. The van der Waals surface area contributed by atoms with Gasteiger partial charge in [-0.25, -0.2) is 0 Å². The van der Waals surface area contributed by atoms with Crippen molar-refractivity contribution in [3.63, 3.8) is 0 Å². The fraction of sp³-hybridized carbons (Fsp3) is 0.500. The van der Waals surface area contributed by atoms with E-state index in [9.17, 15) is 10.1 Å². The predicted molar refractivity (Wildman–Crippen MR) is 47.0 cm³/mol. The van der Waals surface area contributed by atoms with Gasteiger partial charge in [0.2, 0.25) is 0 Å². The van der Waals surface area contributed by atoms with E-state index in [0.29, 0.717) is 10.2 Å². The van der Waals surface area contributed by atoms with Crippen molar-refractivity contribution in [1.82, 2.24) is 10.2 Å². The Bertz CT molecular complexity index is 308. The largest absolute Gasteiger partial charge is 0.358 e. The summed E-state index contributed by atoms with van der Waals surface area (Å²) < 4.78 is 0.447. The van der Waals surface area contributed by atoms with E-state index in [1.807, 2.05) is 13.8 Å². The minimum atomic E-state index is -0.497. The molecule has 0 saturated carbocycles. The number of nitrogens with zero attached hydrogens (tertiary/aromatic N) is 2. The van der Waals surface area contributed by atoms with Crippen LogP contribution in [0.1, 0.15) is 25.5 Å². The monoisotopic (exact) mass is 233 g/mol. The Kier molecular flexibility index (Phi) is 2.46. The molecule has 66 valence electrons. The highest BCUT2D eigenvalue weighted by Gasteiger charge is 2.20. The van der Waals surface area contributed by atoms with Gasteiger partial charge in [-0.15, -0.1) is 5.10 Å². The maximum absolute atomic E-state index is 10.4. The molecule has 1 rings (SSSR count). The molecule has 0 bridgehead atoms. The van der Waals surface area contributed by atoms with Crippen molar-refractivity contribution in [2.45, 2.75) is 19.8 Å². The molecule has 6 heteroatoms. The first-order valence-corrected chi connectivity index (χ1v) is 4.21. The van der Waals surface area contributed by atoms with Crippen LogP contribution in [0.3, 0.4) is 0 Å². The molecule has 1 N–H and O–H groups in total. The first-order valence-electron chi connectivity index (χ1n) is 3.42. The topological polar surface area (TPSA) is 71.8 Å². The summed E-state index contributed by atoms with van der Waals surface area (Å²) in [4.78, 5) is 9.86. The molecular formula is C6H8BrN3O2. The molecule has 1 heterocycles. The van der Waals surface area contributed by atoms with Crippen LogP contribution in [0.15, 0.2) is 4.47 Å². The number of rotatable bonds is 2. The number of nitrogens with one attached hydrogen (secondary N) is 1. The van der Waals surface area contributed by atoms with Crippen molar-refractivity contribution in [1.29, 1.82) is 0 Å². The van der Waals surface area contributed by atoms with Gasteiger partial charge in [0.1, 0.15) is 10.2 Å². The Labute approximate surface area is 77.4 Å². The van der Waals surface area contributed by atoms with E-state index in [0.717, 1.165) is 0 Å². The van der Waals surface area contributed by atoms with Crippen LogP contribution in [-0.2, 0) is 0 Å². The number of halogens is 1. The number of hydrogen-bond acceptors (Lipinski definition) is 3. The third-order valence-electron chi connectivity index (χ3n) is 1.44. The van der Waals surface area contributed by atoms with Crippen molar-refractivity contribution in [3.8, 4) is 0 Å². The van der Waals surface area contributed by atoms with Crippen molar-refractivity contribution in [3.05, 3.63) is 20.3 Å². The van der Waals surface area contributed by atoms with E-state index < -0.39 is 4.92 Å². The zero-order valence-corrected chi connectivity index (χ0v) is 8.25. The van der Waals surface area contributed by atoms with Gasteiger partial charge >= 0.3 is 5.82 Å². The first-order chi connectivity index (χ1) is 5.54. The van der Waals surface area contributed by atoms with Crippen LogP contribution in [0.2, 0.25) is 0 Å². The van der Waals surface area contributed by atoms with Crippen LogP contribution < -0.4 is 0 Å². The highest BCUT2D eigenvalue weighted by molar-refractivity contribution is 9.10. The average molecular weight is 234 g/mol. The molecule has 0 aliphatic rings. The van der Waals surface area contributed by atoms with Gasteiger partial charge < -0.3 is 10.1 Å². The molecule has 5 nitrogen and oxygen atoms in total. The fourth-order valence-electron chi connectivity index (χ4n) is 0.836. The molecule has 1 aromatic rings. The molecule has 0 aliphatic heterocycles. The summed E-state index contributed by atoms with van der Waals surface area (Å²) in [5, 5.41) is 16.5. The summed E-state index contributed by atoms with van der Waals surface area (Å²) in [6.45, 7) is 3.84. The Hall–Kier alpha value is -0.910. The molecule has 0 spiro atoms. The second-order valence-corrected chi connectivity index (χ2v) is 3.48. The van der Waals surface area contributed by atoms with Crippen LogP contribution in [0, 0.1) is 10.1 Å². The smallest absolute Gasteiger partial charge is 0.357 e. The van der Waals surface area contributed by atoms with E-state index in [1.165, 1.54) is 0 Å². The molecule has 0 aromatic carbocycles. The number of nitro groups is 1. The van der Waals surface area contributed by atoms with E-state index in [2.05, 4.69) is 26.1 Å².